The molecule has 7 heteroatoms. The minimum absolute atomic E-state index is 0.298. The SMILES string of the molecule is COC(=O)C(NC(=O)COc1c(C)ccc(C)c1C)C(O)c1ccc(OC)cc1. The summed E-state index contributed by atoms with van der Waals surface area (Å²) in [5, 5.41) is 13.1. The van der Waals surface area contributed by atoms with Crippen LogP contribution in [0.1, 0.15) is 28.4 Å². The van der Waals surface area contributed by atoms with Crippen LogP contribution in [0.15, 0.2) is 36.4 Å². The van der Waals surface area contributed by atoms with E-state index in [0.717, 1.165) is 16.7 Å². The molecule has 0 spiro atoms. The first-order valence-corrected chi connectivity index (χ1v) is 9.17. The molecular formula is C22H27NO6. The van der Waals surface area contributed by atoms with E-state index in [2.05, 4.69) is 5.32 Å². The van der Waals surface area contributed by atoms with Gasteiger partial charge < -0.3 is 24.6 Å². The second-order valence-corrected chi connectivity index (χ2v) is 6.73. The van der Waals surface area contributed by atoms with E-state index in [4.69, 9.17) is 14.2 Å². The number of aryl methyl sites for hydroxylation is 2. The number of nitrogens with one attached hydrogen (secondary N) is 1. The van der Waals surface area contributed by atoms with E-state index in [1.54, 1.807) is 24.3 Å². The number of ether oxygens (including phenoxy) is 3. The fraction of sp³-hybridized carbons (Fsp3) is 0.364. The summed E-state index contributed by atoms with van der Waals surface area (Å²) in [5.41, 5.74) is 3.34. The summed E-state index contributed by atoms with van der Waals surface area (Å²) in [4.78, 5) is 24.6. The molecule has 2 N–H and O–H groups in total. The van der Waals surface area contributed by atoms with Crippen molar-refractivity contribution in [1.29, 1.82) is 0 Å². The van der Waals surface area contributed by atoms with Gasteiger partial charge in [0, 0.05) is 0 Å². The normalized spacial score (nSPS) is 12.6. The number of carbonyl (C=O) groups is 2. The molecule has 0 radical (unpaired) electrons. The minimum atomic E-state index is -1.29. The monoisotopic (exact) mass is 401 g/mol. The molecule has 156 valence electrons. The summed E-state index contributed by atoms with van der Waals surface area (Å²) >= 11 is 0. The van der Waals surface area contributed by atoms with Gasteiger partial charge in [-0.3, -0.25) is 4.79 Å². The Balaban J connectivity index is 2.10. The van der Waals surface area contributed by atoms with E-state index in [9.17, 15) is 14.7 Å². The third kappa shape index (κ3) is 5.48. The van der Waals surface area contributed by atoms with Gasteiger partial charge in [-0.1, -0.05) is 24.3 Å². The number of methoxy groups -OCH3 is 2. The number of aliphatic hydroxyl groups excluding tert-OH is 1. The lowest BCUT2D eigenvalue weighted by Gasteiger charge is -2.23. The Morgan fingerprint density at radius 2 is 1.62 bits per heavy atom. The number of esters is 1. The summed E-state index contributed by atoms with van der Waals surface area (Å²) < 4.78 is 15.5. The van der Waals surface area contributed by atoms with Crippen LogP contribution in [0, 0.1) is 20.8 Å². The number of benzene rings is 2. The van der Waals surface area contributed by atoms with Crippen molar-refractivity contribution < 1.29 is 28.9 Å². The van der Waals surface area contributed by atoms with Gasteiger partial charge >= 0.3 is 5.97 Å². The third-order valence-corrected chi connectivity index (χ3v) is 4.77. The quantitative estimate of drug-likeness (QED) is 0.660. The first-order chi connectivity index (χ1) is 13.8. The largest absolute Gasteiger partial charge is 0.497 e. The van der Waals surface area contributed by atoms with Gasteiger partial charge in [-0.25, -0.2) is 4.79 Å². The Kier molecular flexibility index (Phi) is 7.61. The molecule has 0 heterocycles. The second-order valence-electron chi connectivity index (χ2n) is 6.73. The minimum Gasteiger partial charge on any atom is -0.497 e. The molecule has 0 aliphatic carbocycles. The lowest BCUT2D eigenvalue weighted by molar-refractivity contribution is -0.148. The van der Waals surface area contributed by atoms with Crippen molar-refractivity contribution in [3.63, 3.8) is 0 Å². The smallest absolute Gasteiger partial charge is 0.331 e. The third-order valence-electron chi connectivity index (χ3n) is 4.77. The Labute approximate surface area is 170 Å². The first-order valence-electron chi connectivity index (χ1n) is 9.17. The van der Waals surface area contributed by atoms with E-state index in [1.165, 1.54) is 14.2 Å². The number of amides is 1. The number of hydrogen-bond acceptors (Lipinski definition) is 6. The Bertz CT molecular complexity index is 862. The van der Waals surface area contributed by atoms with Crippen molar-refractivity contribution in [2.75, 3.05) is 20.8 Å². The van der Waals surface area contributed by atoms with Gasteiger partial charge in [0.1, 0.15) is 17.6 Å². The van der Waals surface area contributed by atoms with E-state index < -0.39 is 24.0 Å². The maximum atomic E-state index is 12.4. The van der Waals surface area contributed by atoms with Crippen LogP contribution in [0.25, 0.3) is 0 Å². The maximum Gasteiger partial charge on any atom is 0.331 e. The van der Waals surface area contributed by atoms with Crippen molar-refractivity contribution in [3.05, 3.63) is 58.7 Å². The molecule has 7 nitrogen and oxygen atoms in total. The van der Waals surface area contributed by atoms with Gasteiger partial charge in [-0.2, -0.15) is 0 Å². The number of aliphatic hydroxyl groups is 1. The lowest BCUT2D eigenvalue weighted by Crippen LogP contribution is -2.47. The summed E-state index contributed by atoms with van der Waals surface area (Å²) in [6.07, 6.45) is -1.29. The van der Waals surface area contributed by atoms with Crippen LogP contribution in [0.5, 0.6) is 11.5 Å². The highest BCUT2D eigenvalue weighted by atomic mass is 16.5. The van der Waals surface area contributed by atoms with Crippen LogP contribution >= 0.6 is 0 Å². The number of rotatable bonds is 8. The molecule has 1 amide bonds. The molecular weight excluding hydrogens is 374 g/mol. The highest BCUT2D eigenvalue weighted by Crippen LogP contribution is 2.26. The van der Waals surface area contributed by atoms with Crippen LogP contribution < -0.4 is 14.8 Å². The zero-order valence-corrected chi connectivity index (χ0v) is 17.3. The molecule has 0 saturated carbocycles. The van der Waals surface area contributed by atoms with Crippen LogP contribution in [0.2, 0.25) is 0 Å². The zero-order chi connectivity index (χ0) is 21.6. The van der Waals surface area contributed by atoms with Crippen molar-refractivity contribution in [2.24, 2.45) is 0 Å². The van der Waals surface area contributed by atoms with Crippen molar-refractivity contribution >= 4 is 11.9 Å². The molecule has 2 atom stereocenters. The summed E-state index contributed by atoms with van der Waals surface area (Å²) in [6, 6.07) is 9.16. The number of hydrogen-bond donors (Lipinski definition) is 2. The van der Waals surface area contributed by atoms with Crippen LogP contribution in [-0.2, 0) is 14.3 Å². The van der Waals surface area contributed by atoms with Gasteiger partial charge in [-0.05, 0) is 55.2 Å². The predicted octanol–water partition coefficient (Wildman–Crippen LogP) is 2.39. The van der Waals surface area contributed by atoms with Crippen molar-refractivity contribution in [3.8, 4) is 11.5 Å². The molecule has 0 aromatic heterocycles. The molecule has 2 aromatic rings. The molecule has 29 heavy (non-hydrogen) atoms. The highest BCUT2D eigenvalue weighted by Gasteiger charge is 2.31. The average molecular weight is 401 g/mol. The molecule has 0 fully saturated rings. The van der Waals surface area contributed by atoms with Gasteiger partial charge in [-0.15, -0.1) is 0 Å². The van der Waals surface area contributed by atoms with E-state index >= 15 is 0 Å². The summed E-state index contributed by atoms with van der Waals surface area (Å²) in [7, 11) is 2.72. The Hall–Kier alpha value is -3.06. The molecule has 0 aliphatic rings. The van der Waals surface area contributed by atoms with Crippen LogP contribution in [-0.4, -0.2) is 43.9 Å². The van der Waals surface area contributed by atoms with Crippen molar-refractivity contribution in [1.82, 2.24) is 5.32 Å². The summed E-state index contributed by atoms with van der Waals surface area (Å²) in [5.74, 6) is -0.0692. The van der Waals surface area contributed by atoms with Crippen LogP contribution in [0.3, 0.4) is 0 Å². The standard InChI is InChI=1S/C22H27NO6/c1-13-6-7-14(2)21(15(13)3)29-12-18(24)23-19(22(26)28-5)20(25)16-8-10-17(27-4)11-9-16/h6-11,19-20,25H,12H2,1-5H3,(H,23,24). The predicted molar refractivity (Wildman–Crippen MR) is 108 cm³/mol. The van der Waals surface area contributed by atoms with Gasteiger partial charge in [0.2, 0.25) is 0 Å². The Morgan fingerprint density at radius 3 is 2.21 bits per heavy atom. The molecule has 0 bridgehead atoms. The van der Waals surface area contributed by atoms with Gasteiger partial charge in [0.05, 0.1) is 14.2 Å². The van der Waals surface area contributed by atoms with E-state index in [0.29, 0.717) is 17.1 Å². The van der Waals surface area contributed by atoms with Gasteiger partial charge in [0.15, 0.2) is 12.6 Å². The molecule has 2 rings (SSSR count). The van der Waals surface area contributed by atoms with Crippen LogP contribution in [0.4, 0.5) is 0 Å². The average Bonchev–Trinajstić information content (AvgIpc) is 2.73. The van der Waals surface area contributed by atoms with E-state index in [-0.39, 0.29) is 6.61 Å². The topological polar surface area (TPSA) is 94.1 Å². The Morgan fingerprint density at radius 1 is 1.00 bits per heavy atom. The second kappa shape index (κ2) is 9.93. The number of carbonyl (C=O) groups excluding carboxylic acids is 2. The molecule has 2 unspecified atom stereocenters. The summed E-state index contributed by atoms with van der Waals surface area (Å²) in [6.45, 7) is 5.47. The zero-order valence-electron chi connectivity index (χ0n) is 17.3. The fourth-order valence-corrected chi connectivity index (χ4v) is 2.89. The maximum absolute atomic E-state index is 12.4. The van der Waals surface area contributed by atoms with E-state index in [1.807, 2.05) is 32.9 Å². The molecule has 2 aromatic carbocycles. The van der Waals surface area contributed by atoms with Gasteiger partial charge in [0.25, 0.3) is 5.91 Å². The fourth-order valence-electron chi connectivity index (χ4n) is 2.89. The van der Waals surface area contributed by atoms with Crippen molar-refractivity contribution in [2.45, 2.75) is 32.9 Å². The molecule has 0 saturated heterocycles. The molecule has 0 aliphatic heterocycles. The first kappa shape index (κ1) is 22.2. The highest BCUT2D eigenvalue weighted by molar-refractivity contribution is 5.85. The lowest BCUT2D eigenvalue weighted by atomic mass is 10.0.